The van der Waals surface area contributed by atoms with Crippen LogP contribution in [0.4, 0.5) is 11.5 Å². The van der Waals surface area contributed by atoms with Gasteiger partial charge in [-0.3, -0.25) is 4.79 Å². The summed E-state index contributed by atoms with van der Waals surface area (Å²) in [6.07, 6.45) is 0. The largest absolute Gasteiger partial charge is 0.394 e. The summed E-state index contributed by atoms with van der Waals surface area (Å²) >= 11 is 0. The summed E-state index contributed by atoms with van der Waals surface area (Å²) < 4.78 is 1.40. The lowest BCUT2D eigenvalue weighted by atomic mass is 9.85. The Kier molecular flexibility index (Phi) is 3.85. The maximum atomic E-state index is 12.6. The van der Waals surface area contributed by atoms with Gasteiger partial charge < -0.3 is 21.3 Å². The van der Waals surface area contributed by atoms with Gasteiger partial charge in [-0.2, -0.15) is 5.10 Å². The van der Waals surface area contributed by atoms with Gasteiger partial charge in [-0.1, -0.05) is 19.9 Å². The average Bonchev–Trinajstić information content (AvgIpc) is 2.94. The van der Waals surface area contributed by atoms with Crippen LogP contribution in [0.1, 0.15) is 42.1 Å². The zero-order valence-corrected chi connectivity index (χ0v) is 14.0. The van der Waals surface area contributed by atoms with Gasteiger partial charge in [-0.05, 0) is 30.5 Å². The third kappa shape index (κ3) is 2.20. The maximum Gasteiger partial charge on any atom is 0.266 e. The summed E-state index contributed by atoms with van der Waals surface area (Å²) in [7, 11) is 0. The first kappa shape index (κ1) is 16.5. The Bertz CT molecular complexity index is 812. The fraction of sp³-hybridized carbons (Fsp3) is 0.412. The van der Waals surface area contributed by atoms with Crippen molar-refractivity contribution in [3.05, 3.63) is 40.6 Å². The maximum absolute atomic E-state index is 12.6. The number of nitrogens with one attached hydrogen (secondary N) is 1. The van der Waals surface area contributed by atoms with E-state index >= 15 is 0 Å². The van der Waals surface area contributed by atoms with Crippen molar-refractivity contribution < 1.29 is 15.0 Å². The molecule has 1 aliphatic heterocycles. The molecule has 5 N–H and O–H groups in total. The van der Waals surface area contributed by atoms with E-state index in [0.29, 0.717) is 16.9 Å². The highest BCUT2D eigenvalue weighted by Crippen LogP contribution is 2.45. The molecule has 2 heterocycles. The van der Waals surface area contributed by atoms with Gasteiger partial charge in [-0.25, -0.2) is 4.68 Å². The Balaban J connectivity index is 2.22. The van der Waals surface area contributed by atoms with Crippen LogP contribution in [0.3, 0.4) is 0 Å². The first-order valence-electron chi connectivity index (χ1n) is 7.93. The average molecular weight is 330 g/mol. The minimum atomic E-state index is -1.89. The Morgan fingerprint density at radius 3 is 2.75 bits per heavy atom. The van der Waals surface area contributed by atoms with E-state index in [4.69, 9.17) is 10.8 Å². The number of hydrogen-bond donors (Lipinski definition) is 4. The van der Waals surface area contributed by atoms with E-state index in [9.17, 15) is 9.90 Å². The van der Waals surface area contributed by atoms with E-state index in [-0.39, 0.29) is 30.5 Å². The highest BCUT2D eigenvalue weighted by Gasteiger charge is 2.50. The number of aromatic nitrogens is 2. The number of anilines is 2. The smallest absolute Gasteiger partial charge is 0.266 e. The first-order chi connectivity index (χ1) is 11.3. The topological polar surface area (TPSA) is 113 Å². The van der Waals surface area contributed by atoms with Gasteiger partial charge in [0.1, 0.15) is 5.82 Å². The van der Waals surface area contributed by atoms with Crippen molar-refractivity contribution in [2.75, 3.05) is 17.7 Å². The molecule has 1 aliphatic rings. The molecular formula is C17H22N4O3. The van der Waals surface area contributed by atoms with E-state index in [1.807, 2.05) is 26.0 Å². The van der Waals surface area contributed by atoms with Crippen LogP contribution in [0, 0.1) is 6.92 Å². The molecule has 0 saturated carbocycles. The predicted molar refractivity (Wildman–Crippen MR) is 90.6 cm³/mol. The monoisotopic (exact) mass is 330 g/mol. The Hall–Kier alpha value is -2.38. The lowest BCUT2D eigenvalue weighted by Crippen LogP contribution is -2.36. The SMILES string of the molecule is Cc1nn(CCO)c(N)c1[C@@]1(O)C(=O)Nc2ccc(C(C)C)cc21. The van der Waals surface area contributed by atoms with Gasteiger partial charge in [0.05, 0.1) is 24.4 Å². The summed E-state index contributed by atoms with van der Waals surface area (Å²) in [5.41, 5.74) is 7.04. The zero-order valence-electron chi connectivity index (χ0n) is 14.0. The molecule has 0 unspecified atom stereocenters. The Morgan fingerprint density at radius 2 is 2.12 bits per heavy atom. The van der Waals surface area contributed by atoms with Crippen molar-refractivity contribution >= 4 is 17.4 Å². The van der Waals surface area contributed by atoms with Crippen molar-refractivity contribution in [2.24, 2.45) is 0 Å². The number of carbonyl (C=O) groups is 1. The summed E-state index contributed by atoms with van der Waals surface area (Å²) in [4.78, 5) is 12.6. The van der Waals surface area contributed by atoms with Crippen LogP contribution in [0.25, 0.3) is 0 Å². The number of aliphatic hydroxyl groups is 2. The molecule has 0 aliphatic carbocycles. The Labute approximate surface area is 140 Å². The van der Waals surface area contributed by atoms with E-state index in [0.717, 1.165) is 5.56 Å². The summed E-state index contributed by atoms with van der Waals surface area (Å²) in [5.74, 6) is -0.107. The second kappa shape index (κ2) is 5.61. The van der Waals surface area contributed by atoms with Crippen molar-refractivity contribution in [3.8, 4) is 0 Å². The van der Waals surface area contributed by atoms with Crippen LogP contribution in [-0.2, 0) is 16.9 Å². The van der Waals surface area contributed by atoms with Crippen LogP contribution < -0.4 is 11.1 Å². The van der Waals surface area contributed by atoms with Crippen LogP contribution >= 0.6 is 0 Å². The number of carbonyl (C=O) groups excluding carboxylic acids is 1. The molecule has 0 saturated heterocycles. The summed E-state index contributed by atoms with van der Waals surface area (Å²) in [6, 6.07) is 5.56. The minimum Gasteiger partial charge on any atom is -0.394 e. The molecule has 0 radical (unpaired) electrons. The third-order valence-corrected chi connectivity index (χ3v) is 4.52. The van der Waals surface area contributed by atoms with E-state index < -0.39 is 11.5 Å². The number of fused-ring (bicyclic) bond motifs is 1. The number of nitrogen functional groups attached to an aromatic ring is 1. The normalized spacial score (nSPS) is 19.7. The molecule has 0 bridgehead atoms. The number of nitrogens with two attached hydrogens (primary N) is 1. The molecule has 7 heteroatoms. The fourth-order valence-electron chi connectivity index (χ4n) is 3.22. The van der Waals surface area contributed by atoms with Gasteiger partial charge in [0.25, 0.3) is 5.91 Å². The second-order valence-corrected chi connectivity index (χ2v) is 6.42. The molecule has 24 heavy (non-hydrogen) atoms. The number of nitrogens with zero attached hydrogens (tertiary/aromatic N) is 2. The molecule has 2 aromatic rings. The number of aryl methyl sites for hydroxylation is 1. The number of aliphatic hydroxyl groups excluding tert-OH is 1. The molecule has 1 aromatic heterocycles. The molecule has 1 aromatic carbocycles. The second-order valence-electron chi connectivity index (χ2n) is 6.42. The fourth-order valence-corrected chi connectivity index (χ4v) is 3.22. The lowest BCUT2D eigenvalue weighted by Gasteiger charge is -2.22. The van der Waals surface area contributed by atoms with Gasteiger partial charge in [0.15, 0.2) is 0 Å². The summed E-state index contributed by atoms with van der Waals surface area (Å²) in [6.45, 7) is 5.84. The third-order valence-electron chi connectivity index (χ3n) is 4.52. The van der Waals surface area contributed by atoms with Gasteiger partial charge in [0, 0.05) is 11.3 Å². The number of benzene rings is 1. The molecule has 1 amide bonds. The number of hydrogen-bond acceptors (Lipinski definition) is 5. The number of amides is 1. The van der Waals surface area contributed by atoms with Crippen LogP contribution in [0.2, 0.25) is 0 Å². The minimum absolute atomic E-state index is 0.135. The van der Waals surface area contributed by atoms with Crippen molar-refractivity contribution in [3.63, 3.8) is 0 Å². The quantitative estimate of drug-likeness (QED) is 0.670. The van der Waals surface area contributed by atoms with Gasteiger partial charge in [-0.15, -0.1) is 0 Å². The Morgan fingerprint density at radius 1 is 1.42 bits per heavy atom. The molecule has 7 nitrogen and oxygen atoms in total. The van der Waals surface area contributed by atoms with Crippen LogP contribution in [0.5, 0.6) is 0 Å². The van der Waals surface area contributed by atoms with Crippen molar-refractivity contribution in [1.82, 2.24) is 9.78 Å². The van der Waals surface area contributed by atoms with Crippen LogP contribution in [0.15, 0.2) is 18.2 Å². The van der Waals surface area contributed by atoms with E-state index in [1.165, 1.54) is 4.68 Å². The molecular weight excluding hydrogens is 308 g/mol. The standard InChI is InChI=1S/C17H22N4O3/c1-9(2)11-4-5-13-12(8-11)17(24,16(23)19-13)14-10(3)20-21(6-7-22)15(14)18/h4-5,8-9,22,24H,6-7,18H2,1-3H3,(H,19,23)/t17-/m1/s1. The predicted octanol–water partition coefficient (Wildman–Crippen LogP) is 1.08. The van der Waals surface area contributed by atoms with E-state index in [2.05, 4.69) is 10.4 Å². The lowest BCUT2D eigenvalue weighted by molar-refractivity contribution is -0.129. The first-order valence-corrected chi connectivity index (χ1v) is 7.93. The molecule has 0 fully saturated rings. The molecule has 3 rings (SSSR count). The van der Waals surface area contributed by atoms with E-state index in [1.54, 1.807) is 13.0 Å². The highest BCUT2D eigenvalue weighted by molar-refractivity contribution is 6.08. The van der Waals surface area contributed by atoms with Crippen molar-refractivity contribution in [1.29, 1.82) is 0 Å². The van der Waals surface area contributed by atoms with Crippen molar-refractivity contribution in [2.45, 2.75) is 38.8 Å². The number of rotatable bonds is 4. The zero-order chi connectivity index (χ0) is 17.6. The van der Waals surface area contributed by atoms with Crippen LogP contribution in [-0.4, -0.2) is 32.5 Å². The molecule has 0 spiro atoms. The molecule has 128 valence electrons. The van der Waals surface area contributed by atoms with Gasteiger partial charge in [0.2, 0.25) is 5.60 Å². The highest BCUT2D eigenvalue weighted by atomic mass is 16.3. The van der Waals surface area contributed by atoms with Gasteiger partial charge >= 0.3 is 0 Å². The summed E-state index contributed by atoms with van der Waals surface area (Å²) in [5, 5.41) is 27.4. The molecule has 1 atom stereocenters.